The van der Waals surface area contributed by atoms with E-state index in [-0.39, 0.29) is 16.7 Å². The number of ether oxygens (including phenoxy) is 1. The van der Waals surface area contributed by atoms with E-state index in [0.717, 1.165) is 22.9 Å². The minimum atomic E-state index is -5.40. The highest BCUT2D eigenvalue weighted by Gasteiger charge is 2.46. The number of aliphatic hydroxyl groups is 2. The summed E-state index contributed by atoms with van der Waals surface area (Å²) in [6.45, 7) is -1.42. The molecular weight excluding hydrogens is 535 g/mol. The van der Waals surface area contributed by atoms with E-state index in [1.54, 1.807) is 0 Å². The van der Waals surface area contributed by atoms with E-state index >= 15 is 0 Å². The number of rotatable bonds is 8. The van der Waals surface area contributed by atoms with Crippen molar-refractivity contribution in [1.82, 2.24) is 14.3 Å². The Hall–Kier alpha value is -2.56. The van der Waals surface area contributed by atoms with Crippen LogP contribution in [0.2, 0.25) is 0 Å². The molecule has 2 aromatic heterocycles. The minimum Gasteiger partial charge on any atom is -0.387 e. The molecule has 19 heteroatoms. The molecule has 1 aliphatic rings. The highest BCUT2D eigenvalue weighted by atomic mass is 31.3. The van der Waals surface area contributed by atoms with Gasteiger partial charge in [0.2, 0.25) is 5.58 Å². The van der Waals surface area contributed by atoms with Crippen LogP contribution in [0, 0.1) is 5.82 Å². The van der Waals surface area contributed by atoms with Crippen LogP contribution >= 0.6 is 15.6 Å². The predicted octanol–water partition coefficient (Wildman–Crippen LogP) is -0.816. The van der Waals surface area contributed by atoms with Gasteiger partial charge in [-0.1, -0.05) is 11.2 Å². The first-order chi connectivity index (χ1) is 16.8. The number of benzene rings is 1. The smallest absolute Gasteiger partial charge is 0.387 e. The van der Waals surface area contributed by atoms with Gasteiger partial charge < -0.3 is 34.2 Å². The molecule has 196 valence electrons. The van der Waals surface area contributed by atoms with E-state index in [1.165, 1.54) is 12.1 Å². The molecule has 0 bridgehead atoms. The SMILES string of the molecule is O=c1ccn([C@@H]2O[C@H](COP(=O)(O)OP(=O)(O)O)[C@H](O)[C@@H]2O)c(=O)n1Cc1noc2c(F)cccc12. The first kappa shape index (κ1) is 26.5. The molecule has 1 aliphatic heterocycles. The van der Waals surface area contributed by atoms with Gasteiger partial charge in [-0.05, 0) is 12.1 Å². The summed E-state index contributed by atoms with van der Waals surface area (Å²) in [5.41, 5.74) is -1.93. The van der Waals surface area contributed by atoms with E-state index in [2.05, 4.69) is 14.0 Å². The highest BCUT2D eigenvalue weighted by molar-refractivity contribution is 7.60. The van der Waals surface area contributed by atoms with Crippen LogP contribution < -0.4 is 11.2 Å². The molecular formula is C17H18FN3O13P2. The van der Waals surface area contributed by atoms with Crippen molar-refractivity contribution in [3.63, 3.8) is 0 Å². The zero-order valence-electron chi connectivity index (χ0n) is 17.7. The second-order valence-corrected chi connectivity index (χ2v) is 10.4. The number of aromatic nitrogens is 3. The Balaban J connectivity index is 1.57. The Morgan fingerprint density at radius 1 is 1.11 bits per heavy atom. The molecule has 0 aliphatic carbocycles. The summed E-state index contributed by atoms with van der Waals surface area (Å²) < 4.78 is 56.0. The molecule has 0 spiro atoms. The fraction of sp³-hybridized carbons (Fsp3) is 0.353. The van der Waals surface area contributed by atoms with Crippen molar-refractivity contribution >= 4 is 26.6 Å². The number of hydrogen-bond acceptors (Lipinski definition) is 11. The summed E-state index contributed by atoms with van der Waals surface area (Å²) in [6.07, 6.45) is -5.79. The van der Waals surface area contributed by atoms with Crippen LogP contribution in [-0.2, 0) is 29.2 Å². The average Bonchev–Trinajstić information content (AvgIpc) is 3.31. The molecule has 1 aromatic carbocycles. The van der Waals surface area contributed by atoms with Crippen LogP contribution in [0.25, 0.3) is 11.0 Å². The zero-order valence-corrected chi connectivity index (χ0v) is 19.5. The predicted molar refractivity (Wildman–Crippen MR) is 113 cm³/mol. The van der Waals surface area contributed by atoms with E-state index in [1.807, 2.05) is 0 Å². The number of halogens is 1. The van der Waals surface area contributed by atoms with E-state index in [0.29, 0.717) is 4.57 Å². The number of fused-ring (bicyclic) bond motifs is 1. The first-order valence-electron chi connectivity index (χ1n) is 9.88. The third-order valence-electron chi connectivity index (χ3n) is 5.15. The fourth-order valence-corrected chi connectivity index (χ4v) is 5.13. The summed E-state index contributed by atoms with van der Waals surface area (Å²) >= 11 is 0. The van der Waals surface area contributed by atoms with Gasteiger partial charge in [0.25, 0.3) is 5.56 Å². The average molecular weight is 553 g/mol. The number of phosphoric acid groups is 2. The second kappa shape index (κ2) is 9.72. The molecule has 16 nitrogen and oxygen atoms in total. The molecule has 1 unspecified atom stereocenters. The van der Waals surface area contributed by atoms with Crippen molar-refractivity contribution in [2.75, 3.05) is 6.61 Å². The van der Waals surface area contributed by atoms with Crippen molar-refractivity contribution in [3.8, 4) is 0 Å². The summed E-state index contributed by atoms with van der Waals surface area (Å²) in [6, 6.07) is 4.94. The maximum Gasteiger partial charge on any atom is 0.481 e. The zero-order chi connectivity index (χ0) is 26.4. The number of hydrogen-bond donors (Lipinski definition) is 5. The summed E-state index contributed by atoms with van der Waals surface area (Å²) in [7, 11) is -10.7. The van der Waals surface area contributed by atoms with Gasteiger partial charge in [-0.2, -0.15) is 4.31 Å². The van der Waals surface area contributed by atoms with Gasteiger partial charge >= 0.3 is 21.3 Å². The Morgan fingerprint density at radius 2 is 1.83 bits per heavy atom. The Labute approximate surface area is 198 Å². The highest BCUT2D eigenvalue weighted by Crippen LogP contribution is 2.57. The summed E-state index contributed by atoms with van der Waals surface area (Å²) in [5, 5.41) is 24.5. The monoisotopic (exact) mass is 553 g/mol. The van der Waals surface area contributed by atoms with Gasteiger partial charge in [-0.25, -0.2) is 18.3 Å². The molecule has 5 atom stereocenters. The summed E-state index contributed by atoms with van der Waals surface area (Å²) in [4.78, 5) is 52.0. The lowest BCUT2D eigenvalue weighted by Crippen LogP contribution is -2.43. The lowest BCUT2D eigenvalue weighted by molar-refractivity contribution is -0.0547. The molecule has 0 amide bonds. The van der Waals surface area contributed by atoms with Crippen molar-refractivity contribution in [3.05, 3.63) is 62.8 Å². The Kier molecular flexibility index (Phi) is 7.15. The van der Waals surface area contributed by atoms with Crippen LogP contribution in [0.4, 0.5) is 4.39 Å². The minimum absolute atomic E-state index is 0.0596. The molecule has 1 fully saturated rings. The molecule has 5 N–H and O–H groups in total. The molecule has 0 saturated carbocycles. The number of nitrogens with zero attached hydrogens (tertiary/aromatic N) is 3. The first-order valence-corrected chi connectivity index (χ1v) is 12.9. The fourth-order valence-electron chi connectivity index (χ4n) is 3.54. The van der Waals surface area contributed by atoms with Crippen molar-refractivity contribution < 1.29 is 56.5 Å². The normalized spacial score (nSPS) is 24.3. The number of aliphatic hydroxyl groups excluding tert-OH is 2. The van der Waals surface area contributed by atoms with Crippen LogP contribution in [0.1, 0.15) is 11.9 Å². The Bertz CT molecular complexity index is 1500. The van der Waals surface area contributed by atoms with Crippen LogP contribution in [0.15, 0.2) is 44.6 Å². The molecule has 1 saturated heterocycles. The van der Waals surface area contributed by atoms with Gasteiger partial charge in [-0.15, -0.1) is 0 Å². The van der Waals surface area contributed by atoms with Crippen molar-refractivity contribution in [1.29, 1.82) is 0 Å². The molecule has 3 heterocycles. The van der Waals surface area contributed by atoms with E-state index in [4.69, 9.17) is 19.0 Å². The van der Waals surface area contributed by atoms with Crippen LogP contribution in [0.3, 0.4) is 0 Å². The van der Waals surface area contributed by atoms with Crippen LogP contribution in [0.5, 0.6) is 0 Å². The van der Waals surface area contributed by atoms with Crippen molar-refractivity contribution in [2.45, 2.75) is 31.1 Å². The van der Waals surface area contributed by atoms with Crippen LogP contribution in [-0.4, -0.2) is 64.1 Å². The lowest BCUT2D eigenvalue weighted by Gasteiger charge is -2.19. The molecule has 3 aromatic rings. The van der Waals surface area contributed by atoms with Crippen molar-refractivity contribution in [2.24, 2.45) is 0 Å². The second-order valence-electron chi connectivity index (χ2n) is 7.56. The molecule has 4 rings (SSSR count). The Morgan fingerprint density at radius 3 is 2.53 bits per heavy atom. The maximum absolute atomic E-state index is 13.9. The number of phosphoric ester groups is 1. The largest absolute Gasteiger partial charge is 0.481 e. The van der Waals surface area contributed by atoms with E-state index < -0.39 is 70.4 Å². The van der Waals surface area contributed by atoms with Gasteiger partial charge in [0.15, 0.2) is 12.0 Å². The van der Waals surface area contributed by atoms with Gasteiger partial charge in [0.05, 0.1) is 13.2 Å². The third kappa shape index (κ3) is 5.40. The van der Waals surface area contributed by atoms with Gasteiger partial charge in [0.1, 0.15) is 24.0 Å². The van der Waals surface area contributed by atoms with Gasteiger partial charge in [-0.3, -0.25) is 18.5 Å². The maximum atomic E-state index is 13.9. The topological polar surface area (TPSA) is 233 Å². The molecule has 36 heavy (non-hydrogen) atoms. The molecule has 0 radical (unpaired) electrons. The third-order valence-corrected chi connectivity index (χ3v) is 7.30. The summed E-state index contributed by atoms with van der Waals surface area (Å²) in [5.74, 6) is -0.701. The van der Waals surface area contributed by atoms with Gasteiger partial charge in [0, 0.05) is 17.6 Å². The quantitative estimate of drug-likeness (QED) is 0.215. The lowest BCUT2D eigenvalue weighted by atomic mass is 10.1. The number of para-hydroxylation sites is 1. The van der Waals surface area contributed by atoms with E-state index in [9.17, 15) is 38.2 Å². The standard InChI is InChI=1S/C17H18FN3O13P2/c18-9-3-1-2-8-10(19-33-15(8)9)6-21-12(22)4-5-20(17(21)25)16-14(24)13(23)11(32-16)7-31-36(29,30)34-35(26,27)28/h1-5,11,13-14,16,23-24H,6-7H2,(H,29,30)(H2,26,27,28)/t11-,13+,14+,16-/m1/s1.